The van der Waals surface area contributed by atoms with E-state index in [1.54, 1.807) is 0 Å². The number of thioether (sulfide) groups is 1. The highest BCUT2D eigenvalue weighted by molar-refractivity contribution is 9.10. The number of hydrogen-bond donors (Lipinski definition) is 1. The van der Waals surface area contributed by atoms with E-state index in [0.717, 1.165) is 29.5 Å². The van der Waals surface area contributed by atoms with E-state index in [9.17, 15) is 0 Å². The lowest BCUT2D eigenvalue weighted by Crippen LogP contribution is -2.19. The van der Waals surface area contributed by atoms with Crippen LogP contribution in [0.3, 0.4) is 0 Å². The molecule has 0 radical (unpaired) electrons. The van der Waals surface area contributed by atoms with Gasteiger partial charge in [-0.3, -0.25) is 5.32 Å². The molecule has 0 spiro atoms. The Kier molecular flexibility index (Phi) is 5.83. The summed E-state index contributed by atoms with van der Waals surface area (Å²) in [4.78, 5) is 1.43. The minimum absolute atomic E-state index is 0.423. The third-order valence-corrected chi connectivity index (χ3v) is 5.81. The quantitative estimate of drug-likeness (QED) is 0.554. The summed E-state index contributed by atoms with van der Waals surface area (Å²) in [7, 11) is 0. The maximum atomic E-state index is 5.37. The van der Waals surface area contributed by atoms with E-state index in [0.29, 0.717) is 12.6 Å². The van der Waals surface area contributed by atoms with Crippen LogP contribution in [0.4, 0.5) is 0 Å². The first-order valence-electron chi connectivity index (χ1n) is 7.94. The van der Waals surface area contributed by atoms with Crippen molar-refractivity contribution in [2.45, 2.75) is 30.2 Å². The molecule has 0 heterocycles. The van der Waals surface area contributed by atoms with Crippen LogP contribution in [0.1, 0.15) is 29.2 Å². The van der Waals surface area contributed by atoms with Crippen LogP contribution in [0.5, 0.6) is 0 Å². The van der Waals surface area contributed by atoms with Crippen LogP contribution in [0.15, 0.2) is 51.8 Å². The monoisotopic (exact) mass is 385 g/mol. The first-order chi connectivity index (χ1) is 11.3. The minimum Gasteiger partial charge on any atom is -0.299 e. The molecule has 1 unspecified atom stereocenters. The first kappa shape index (κ1) is 16.6. The van der Waals surface area contributed by atoms with E-state index in [2.05, 4.69) is 69.6 Å². The molecule has 2 aromatic rings. The van der Waals surface area contributed by atoms with E-state index < -0.39 is 0 Å². The van der Waals surface area contributed by atoms with Crippen molar-refractivity contribution in [1.29, 1.82) is 0 Å². The van der Waals surface area contributed by atoms with Crippen molar-refractivity contribution in [2.75, 3.05) is 12.3 Å². The molecule has 1 aliphatic carbocycles. The van der Waals surface area contributed by atoms with Gasteiger partial charge >= 0.3 is 0 Å². The zero-order valence-corrected chi connectivity index (χ0v) is 15.4. The molecule has 0 saturated heterocycles. The predicted octanol–water partition coefficient (Wildman–Crippen LogP) is 4.99. The molecule has 3 rings (SSSR count). The van der Waals surface area contributed by atoms with Gasteiger partial charge in [0.2, 0.25) is 0 Å². The Morgan fingerprint density at radius 3 is 2.96 bits per heavy atom. The van der Waals surface area contributed by atoms with Gasteiger partial charge in [0.1, 0.15) is 0 Å². The summed E-state index contributed by atoms with van der Waals surface area (Å²) in [6, 6.07) is 15.7. The first-order valence-corrected chi connectivity index (χ1v) is 9.71. The zero-order chi connectivity index (χ0) is 16.1. The summed E-state index contributed by atoms with van der Waals surface area (Å²) >= 11 is 5.51. The SMILES string of the molecule is C#CCNC1CCc2c(SCCc3cccc(Br)c3)cccc21. The van der Waals surface area contributed by atoms with Gasteiger partial charge in [-0.2, -0.15) is 0 Å². The fourth-order valence-electron chi connectivity index (χ4n) is 3.12. The highest BCUT2D eigenvalue weighted by Crippen LogP contribution is 2.37. The minimum atomic E-state index is 0.423. The molecule has 118 valence electrons. The summed E-state index contributed by atoms with van der Waals surface area (Å²) in [5, 5.41) is 3.45. The van der Waals surface area contributed by atoms with Crippen molar-refractivity contribution in [1.82, 2.24) is 5.32 Å². The van der Waals surface area contributed by atoms with Crippen molar-refractivity contribution in [3.05, 3.63) is 63.6 Å². The highest BCUT2D eigenvalue weighted by atomic mass is 79.9. The molecule has 0 aliphatic heterocycles. The number of fused-ring (bicyclic) bond motifs is 1. The highest BCUT2D eigenvalue weighted by Gasteiger charge is 2.23. The number of nitrogens with one attached hydrogen (secondary N) is 1. The van der Waals surface area contributed by atoms with Crippen molar-refractivity contribution in [2.24, 2.45) is 0 Å². The Morgan fingerprint density at radius 2 is 2.13 bits per heavy atom. The normalized spacial score (nSPS) is 16.1. The van der Waals surface area contributed by atoms with E-state index in [-0.39, 0.29) is 0 Å². The molecule has 3 heteroatoms. The average molecular weight is 386 g/mol. The molecular formula is C20H20BrNS. The fraction of sp³-hybridized carbons (Fsp3) is 0.300. The van der Waals surface area contributed by atoms with Gasteiger partial charge in [0.05, 0.1) is 6.54 Å². The summed E-state index contributed by atoms with van der Waals surface area (Å²) < 4.78 is 1.16. The van der Waals surface area contributed by atoms with Crippen molar-refractivity contribution in [3.8, 4) is 12.3 Å². The van der Waals surface area contributed by atoms with E-state index in [1.807, 2.05) is 11.8 Å². The average Bonchev–Trinajstić information content (AvgIpc) is 2.97. The summed E-state index contributed by atoms with van der Waals surface area (Å²) in [6.07, 6.45) is 8.76. The molecule has 0 bridgehead atoms. The third kappa shape index (κ3) is 4.20. The van der Waals surface area contributed by atoms with Crippen LogP contribution in [-0.2, 0) is 12.8 Å². The molecule has 1 atom stereocenters. The van der Waals surface area contributed by atoms with Crippen LogP contribution in [0.25, 0.3) is 0 Å². The second-order valence-corrected chi connectivity index (χ2v) is 7.78. The summed E-state index contributed by atoms with van der Waals surface area (Å²) in [5.41, 5.74) is 4.34. The van der Waals surface area contributed by atoms with E-state index >= 15 is 0 Å². The van der Waals surface area contributed by atoms with Gasteiger partial charge in [0.25, 0.3) is 0 Å². The Bertz CT molecular complexity index is 720. The Morgan fingerprint density at radius 1 is 1.26 bits per heavy atom. The van der Waals surface area contributed by atoms with Gasteiger partial charge in [0.15, 0.2) is 0 Å². The van der Waals surface area contributed by atoms with Crippen LogP contribution in [-0.4, -0.2) is 12.3 Å². The van der Waals surface area contributed by atoms with Crippen LogP contribution in [0.2, 0.25) is 0 Å². The molecule has 0 amide bonds. The van der Waals surface area contributed by atoms with E-state index in [1.165, 1.54) is 21.6 Å². The smallest absolute Gasteiger partial charge is 0.0578 e. The summed E-state index contributed by atoms with van der Waals surface area (Å²) in [5.74, 6) is 3.78. The van der Waals surface area contributed by atoms with Gasteiger partial charge in [-0.05, 0) is 54.2 Å². The topological polar surface area (TPSA) is 12.0 Å². The number of rotatable bonds is 6. The summed E-state index contributed by atoms with van der Waals surface area (Å²) in [6.45, 7) is 0.643. The van der Waals surface area contributed by atoms with Crippen molar-refractivity contribution >= 4 is 27.7 Å². The Hall–Kier alpha value is -1.21. The molecule has 0 saturated carbocycles. The predicted molar refractivity (Wildman–Crippen MR) is 103 cm³/mol. The van der Waals surface area contributed by atoms with Gasteiger partial charge in [-0.1, -0.05) is 46.1 Å². The molecule has 1 nitrogen and oxygen atoms in total. The molecule has 1 N–H and O–H groups in total. The molecule has 1 aliphatic rings. The van der Waals surface area contributed by atoms with Crippen LogP contribution >= 0.6 is 27.7 Å². The second kappa shape index (κ2) is 8.06. The molecule has 0 fully saturated rings. The molecule has 23 heavy (non-hydrogen) atoms. The largest absolute Gasteiger partial charge is 0.299 e. The number of aryl methyl sites for hydroxylation is 1. The van der Waals surface area contributed by atoms with E-state index in [4.69, 9.17) is 6.42 Å². The Balaban J connectivity index is 1.63. The fourth-order valence-corrected chi connectivity index (χ4v) is 4.69. The maximum Gasteiger partial charge on any atom is 0.0578 e. The van der Waals surface area contributed by atoms with Crippen LogP contribution in [0, 0.1) is 12.3 Å². The molecule has 2 aromatic carbocycles. The number of hydrogen-bond acceptors (Lipinski definition) is 2. The lowest BCUT2D eigenvalue weighted by molar-refractivity contribution is 0.568. The van der Waals surface area contributed by atoms with Gasteiger partial charge in [0, 0.05) is 21.2 Å². The Labute approximate surface area is 151 Å². The van der Waals surface area contributed by atoms with Gasteiger partial charge in [-0.15, -0.1) is 18.2 Å². The zero-order valence-electron chi connectivity index (χ0n) is 13.0. The lowest BCUT2D eigenvalue weighted by atomic mass is 10.1. The lowest BCUT2D eigenvalue weighted by Gasteiger charge is -2.13. The number of halogens is 1. The molecular weight excluding hydrogens is 366 g/mol. The van der Waals surface area contributed by atoms with Gasteiger partial charge in [-0.25, -0.2) is 0 Å². The number of benzene rings is 2. The third-order valence-electron chi connectivity index (χ3n) is 4.22. The van der Waals surface area contributed by atoms with Crippen molar-refractivity contribution in [3.63, 3.8) is 0 Å². The molecule has 0 aromatic heterocycles. The van der Waals surface area contributed by atoms with Crippen LogP contribution < -0.4 is 5.32 Å². The van der Waals surface area contributed by atoms with Crippen molar-refractivity contribution < 1.29 is 0 Å². The standard InChI is InChI=1S/C20H20BrNS/c1-2-12-22-19-10-9-18-17(19)7-4-8-20(18)23-13-11-15-5-3-6-16(21)14-15/h1,3-8,14,19,22H,9-13H2. The number of terminal acetylenes is 1. The van der Waals surface area contributed by atoms with Gasteiger partial charge < -0.3 is 0 Å². The maximum absolute atomic E-state index is 5.37. The second-order valence-electron chi connectivity index (χ2n) is 5.73.